The van der Waals surface area contributed by atoms with E-state index >= 15 is 0 Å². The van der Waals surface area contributed by atoms with Gasteiger partial charge in [-0.25, -0.2) is 0 Å². The highest BCUT2D eigenvalue weighted by Gasteiger charge is 2.11. The van der Waals surface area contributed by atoms with Crippen molar-refractivity contribution in [2.24, 2.45) is 5.73 Å². The summed E-state index contributed by atoms with van der Waals surface area (Å²) >= 11 is 0. The third-order valence-electron chi connectivity index (χ3n) is 2.87. The minimum Gasteiger partial charge on any atom is -0.356 e. The van der Waals surface area contributed by atoms with E-state index in [1.54, 1.807) is 6.92 Å². The number of nitrogens with two attached hydrogens (primary N) is 1. The Kier molecular flexibility index (Phi) is 4.84. The highest BCUT2D eigenvalue weighted by Crippen LogP contribution is 2.12. The SMILES string of the molecule is Cc1nc(CCNC(=O)CC(N)c2ccccc2)no1. The Morgan fingerprint density at radius 1 is 1.40 bits per heavy atom. The van der Waals surface area contributed by atoms with Crippen LogP contribution in [0, 0.1) is 6.92 Å². The lowest BCUT2D eigenvalue weighted by Crippen LogP contribution is -2.29. The van der Waals surface area contributed by atoms with E-state index in [1.165, 1.54) is 0 Å². The number of carbonyl (C=O) groups is 1. The maximum atomic E-state index is 11.8. The zero-order chi connectivity index (χ0) is 14.4. The monoisotopic (exact) mass is 274 g/mol. The van der Waals surface area contributed by atoms with Crippen LogP contribution in [0.15, 0.2) is 34.9 Å². The van der Waals surface area contributed by atoms with Gasteiger partial charge in [0.15, 0.2) is 5.82 Å². The lowest BCUT2D eigenvalue weighted by Gasteiger charge is -2.11. The predicted octanol–water partition coefficient (Wildman–Crippen LogP) is 1.13. The molecule has 2 rings (SSSR count). The van der Waals surface area contributed by atoms with Crippen LogP contribution in [0.4, 0.5) is 0 Å². The van der Waals surface area contributed by atoms with Gasteiger partial charge in [-0.2, -0.15) is 4.98 Å². The molecule has 6 heteroatoms. The van der Waals surface area contributed by atoms with Gasteiger partial charge in [0, 0.05) is 32.4 Å². The molecule has 0 bridgehead atoms. The smallest absolute Gasteiger partial charge is 0.223 e. The van der Waals surface area contributed by atoms with Gasteiger partial charge >= 0.3 is 0 Å². The summed E-state index contributed by atoms with van der Waals surface area (Å²) < 4.78 is 4.85. The van der Waals surface area contributed by atoms with E-state index in [-0.39, 0.29) is 18.4 Å². The number of carbonyl (C=O) groups excluding carboxylic acids is 1. The second-order valence-electron chi connectivity index (χ2n) is 4.55. The summed E-state index contributed by atoms with van der Waals surface area (Å²) in [6.45, 7) is 2.20. The zero-order valence-corrected chi connectivity index (χ0v) is 11.4. The van der Waals surface area contributed by atoms with Crippen molar-refractivity contribution in [3.8, 4) is 0 Å². The lowest BCUT2D eigenvalue weighted by molar-refractivity contribution is -0.121. The molecule has 6 nitrogen and oxygen atoms in total. The van der Waals surface area contributed by atoms with E-state index in [0.717, 1.165) is 5.56 Å². The van der Waals surface area contributed by atoms with Gasteiger partial charge in [-0.15, -0.1) is 0 Å². The first kappa shape index (κ1) is 14.2. The molecular weight excluding hydrogens is 256 g/mol. The highest BCUT2D eigenvalue weighted by molar-refractivity contribution is 5.76. The fourth-order valence-electron chi connectivity index (χ4n) is 1.85. The van der Waals surface area contributed by atoms with Gasteiger partial charge in [-0.1, -0.05) is 35.5 Å². The fourth-order valence-corrected chi connectivity index (χ4v) is 1.85. The van der Waals surface area contributed by atoms with Gasteiger partial charge in [-0.05, 0) is 5.56 Å². The molecule has 0 fully saturated rings. The normalized spacial score (nSPS) is 12.1. The van der Waals surface area contributed by atoms with Crippen LogP contribution in [0.5, 0.6) is 0 Å². The van der Waals surface area contributed by atoms with Crippen molar-refractivity contribution in [1.82, 2.24) is 15.5 Å². The van der Waals surface area contributed by atoms with E-state index in [1.807, 2.05) is 30.3 Å². The maximum absolute atomic E-state index is 11.8. The number of hydrogen-bond donors (Lipinski definition) is 2. The van der Waals surface area contributed by atoms with E-state index in [0.29, 0.717) is 24.7 Å². The van der Waals surface area contributed by atoms with Gasteiger partial charge in [0.05, 0.1) is 0 Å². The molecule has 0 saturated heterocycles. The molecule has 1 unspecified atom stereocenters. The Bertz CT molecular complexity index is 553. The van der Waals surface area contributed by atoms with E-state index < -0.39 is 0 Å². The number of nitrogens with one attached hydrogen (secondary N) is 1. The molecule has 20 heavy (non-hydrogen) atoms. The van der Waals surface area contributed by atoms with E-state index in [4.69, 9.17) is 10.3 Å². The lowest BCUT2D eigenvalue weighted by atomic mass is 10.0. The average molecular weight is 274 g/mol. The van der Waals surface area contributed by atoms with Crippen molar-refractivity contribution in [2.75, 3.05) is 6.54 Å². The molecule has 0 radical (unpaired) electrons. The number of benzene rings is 1. The molecule has 0 aliphatic rings. The molecule has 0 aliphatic carbocycles. The number of aryl methyl sites for hydroxylation is 1. The first-order valence-corrected chi connectivity index (χ1v) is 6.51. The molecule has 1 amide bonds. The van der Waals surface area contributed by atoms with Crippen molar-refractivity contribution in [3.63, 3.8) is 0 Å². The first-order valence-electron chi connectivity index (χ1n) is 6.51. The van der Waals surface area contributed by atoms with Crippen LogP contribution < -0.4 is 11.1 Å². The number of aromatic nitrogens is 2. The third-order valence-corrected chi connectivity index (χ3v) is 2.87. The molecule has 1 atom stereocenters. The number of amides is 1. The van der Waals surface area contributed by atoms with Gasteiger partial charge in [-0.3, -0.25) is 4.79 Å². The summed E-state index contributed by atoms with van der Waals surface area (Å²) in [7, 11) is 0. The minimum absolute atomic E-state index is 0.0819. The van der Waals surface area contributed by atoms with Gasteiger partial charge < -0.3 is 15.6 Å². The fraction of sp³-hybridized carbons (Fsp3) is 0.357. The summed E-state index contributed by atoms with van der Waals surface area (Å²) in [5.74, 6) is 1.04. The average Bonchev–Trinajstić information content (AvgIpc) is 2.85. The van der Waals surface area contributed by atoms with Crippen LogP contribution >= 0.6 is 0 Å². The zero-order valence-electron chi connectivity index (χ0n) is 11.4. The van der Waals surface area contributed by atoms with Crippen LogP contribution in [-0.2, 0) is 11.2 Å². The Morgan fingerprint density at radius 3 is 2.80 bits per heavy atom. The standard InChI is InChI=1S/C14H18N4O2/c1-10-17-13(18-20-10)7-8-16-14(19)9-12(15)11-5-3-2-4-6-11/h2-6,12H,7-9,15H2,1H3,(H,16,19). The summed E-state index contributed by atoms with van der Waals surface area (Å²) in [4.78, 5) is 15.8. The quantitative estimate of drug-likeness (QED) is 0.823. The number of nitrogens with zero attached hydrogens (tertiary/aromatic N) is 2. The molecular formula is C14H18N4O2. The number of rotatable bonds is 6. The predicted molar refractivity (Wildman–Crippen MR) is 73.7 cm³/mol. The van der Waals surface area contributed by atoms with Crippen LogP contribution in [0.25, 0.3) is 0 Å². The van der Waals surface area contributed by atoms with Crippen molar-refractivity contribution in [3.05, 3.63) is 47.6 Å². The topological polar surface area (TPSA) is 94.0 Å². The van der Waals surface area contributed by atoms with Crippen molar-refractivity contribution < 1.29 is 9.32 Å². The Morgan fingerprint density at radius 2 is 2.15 bits per heavy atom. The van der Waals surface area contributed by atoms with Crippen molar-refractivity contribution >= 4 is 5.91 Å². The molecule has 1 aromatic heterocycles. The molecule has 0 spiro atoms. The van der Waals surface area contributed by atoms with Crippen LogP contribution in [0.1, 0.15) is 29.7 Å². The van der Waals surface area contributed by atoms with Gasteiger partial charge in [0.2, 0.25) is 11.8 Å². The molecule has 106 valence electrons. The van der Waals surface area contributed by atoms with E-state index in [9.17, 15) is 4.79 Å². The minimum atomic E-state index is -0.288. The largest absolute Gasteiger partial charge is 0.356 e. The van der Waals surface area contributed by atoms with E-state index in [2.05, 4.69) is 15.5 Å². The molecule has 2 aromatic rings. The van der Waals surface area contributed by atoms with Gasteiger partial charge in [0.1, 0.15) is 0 Å². The second-order valence-corrected chi connectivity index (χ2v) is 4.55. The molecule has 0 aliphatic heterocycles. The molecule has 0 saturated carbocycles. The van der Waals surface area contributed by atoms with Crippen LogP contribution in [-0.4, -0.2) is 22.6 Å². The van der Waals surface area contributed by atoms with Crippen molar-refractivity contribution in [1.29, 1.82) is 0 Å². The molecule has 1 heterocycles. The summed E-state index contributed by atoms with van der Waals surface area (Å²) in [6, 6.07) is 9.28. The summed E-state index contributed by atoms with van der Waals surface area (Å²) in [5, 5.41) is 6.56. The van der Waals surface area contributed by atoms with Crippen molar-refractivity contribution in [2.45, 2.75) is 25.8 Å². The highest BCUT2D eigenvalue weighted by atomic mass is 16.5. The first-order chi connectivity index (χ1) is 9.65. The summed E-state index contributed by atoms with van der Waals surface area (Å²) in [6.07, 6.45) is 0.805. The Labute approximate surface area is 117 Å². The van der Waals surface area contributed by atoms with Gasteiger partial charge in [0.25, 0.3) is 0 Å². The third kappa shape index (κ3) is 4.17. The molecule has 1 aromatic carbocycles. The van der Waals surface area contributed by atoms with Crippen LogP contribution in [0.2, 0.25) is 0 Å². The summed E-state index contributed by atoms with van der Waals surface area (Å²) in [5.41, 5.74) is 6.94. The van der Waals surface area contributed by atoms with Crippen LogP contribution in [0.3, 0.4) is 0 Å². The Balaban J connectivity index is 1.73. The second kappa shape index (κ2) is 6.81. The number of hydrogen-bond acceptors (Lipinski definition) is 5. The molecule has 3 N–H and O–H groups in total. The Hall–Kier alpha value is -2.21. The maximum Gasteiger partial charge on any atom is 0.223 e.